The van der Waals surface area contributed by atoms with Crippen molar-refractivity contribution >= 4 is 44.9 Å². The van der Waals surface area contributed by atoms with E-state index in [-0.39, 0.29) is 18.1 Å². The summed E-state index contributed by atoms with van der Waals surface area (Å²) in [6, 6.07) is 12.7. The molecule has 0 N–H and O–H groups in total. The minimum Gasteiger partial charge on any atom is -0.493 e. The Morgan fingerprint density at radius 1 is 1.27 bits per heavy atom. The van der Waals surface area contributed by atoms with Crippen LogP contribution in [0.3, 0.4) is 0 Å². The number of nitrogens with zero attached hydrogens (tertiary/aromatic N) is 2. The average molecular weight is 483 g/mol. The second-order valence-electron chi connectivity index (χ2n) is 6.05. The molecule has 0 aromatic heterocycles. The van der Waals surface area contributed by atoms with Gasteiger partial charge in [0.1, 0.15) is 6.61 Å². The second-order valence-corrected chi connectivity index (χ2v) is 7.90. The Balaban J connectivity index is 1.86. The number of hydrogen-bond acceptors (Lipinski definition) is 6. The zero-order chi connectivity index (χ0) is 21.7. The Morgan fingerprint density at radius 2 is 2.03 bits per heavy atom. The molecule has 3 rings (SSSR count). The molecule has 1 aliphatic heterocycles. The quantitative estimate of drug-likeness (QED) is 0.442. The monoisotopic (exact) mass is 482 g/mol. The van der Waals surface area contributed by atoms with Crippen molar-refractivity contribution in [1.82, 2.24) is 4.90 Å². The van der Waals surface area contributed by atoms with Crippen molar-refractivity contribution in [3.05, 3.63) is 62.5 Å². The molecule has 2 aromatic rings. The van der Waals surface area contributed by atoms with E-state index >= 15 is 0 Å². The van der Waals surface area contributed by atoms with Gasteiger partial charge < -0.3 is 9.47 Å². The first-order valence-corrected chi connectivity index (χ1v) is 10.3. The minimum absolute atomic E-state index is 0.0660. The zero-order valence-electron chi connectivity index (χ0n) is 15.8. The van der Waals surface area contributed by atoms with E-state index in [0.717, 1.165) is 22.2 Å². The zero-order valence-corrected chi connectivity index (χ0v) is 18.2. The van der Waals surface area contributed by atoms with Gasteiger partial charge in [-0.05, 0) is 41.6 Å². The van der Waals surface area contributed by atoms with Gasteiger partial charge in [-0.15, -0.1) is 6.42 Å². The van der Waals surface area contributed by atoms with Gasteiger partial charge in [-0.25, -0.2) is 0 Å². The van der Waals surface area contributed by atoms with Crippen LogP contribution in [-0.2, 0) is 11.4 Å². The normalized spacial score (nSPS) is 14.5. The van der Waals surface area contributed by atoms with Crippen LogP contribution in [-0.4, -0.2) is 29.7 Å². The number of methoxy groups -OCH3 is 1. The lowest BCUT2D eigenvalue weighted by Gasteiger charge is -2.13. The first-order chi connectivity index (χ1) is 14.5. The van der Waals surface area contributed by atoms with E-state index in [1.54, 1.807) is 30.3 Å². The summed E-state index contributed by atoms with van der Waals surface area (Å²) in [5.41, 5.74) is 1.93. The fourth-order valence-corrected chi connectivity index (χ4v) is 3.98. The van der Waals surface area contributed by atoms with Crippen LogP contribution in [0.1, 0.15) is 16.7 Å². The molecule has 6 nitrogen and oxygen atoms in total. The van der Waals surface area contributed by atoms with Crippen molar-refractivity contribution in [2.24, 2.45) is 0 Å². The van der Waals surface area contributed by atoms with Gasteiger partial charge in [0.2, 0.25) is 0 Å². The smallest absolute Gasteiger partial charge is 0.294 e. The van der Waals surface area contributed by atoms with E-state index in [9.17, 15) is 14.9 Å². The highest BCUT2D eigenvalue weighted by atomic mass is 79.9. The third-order valence-electron chi connectivity index (χ3n) is 4.21. The van der Waals surface area contributed by atoms with E-state index in [4.69, 9.17) is 15.9 Å². The van der Waals surface area contributed by atoms with E-state index in [1.807, 2.05) is 12.1 Å². The molecule has 1 fully saturated rings. The molecule has 1 aliphatic rings. The number of ether oxygens (including phenoxy) is 2. The largest absolute Gasteiger partial charge is 0.493 e. The van der Waals surface area contributed by atoms with Crippen LogP contribution in [0, 0.1) is 23.7 Å². The van der Waals surface area contributed by atoms with Gasteiger partial charge in [-0.2, -0.15) is 5.26 Å². The van der Waals surface area contributed by atoms with Gasteiger partial charge in [0.25, 0.3) is 11.1 Å². The van der Waals surface area contributed by atoms with Crippen LogP contribution in [0.5, 0.6) is 11.5 Å². The minimum atomic E-state index is -0.428. The number of nitriles is 1. The molecule has 0 saturated carbocycles. The molecule has 2 amide bonds. The summed E-state index contributed by atoms with van der Waals surface area (Å²) in [6.07, 6.45) is 6.82. The number of imide groups is 1. The second kappa shape index (κ2) is 9.53. The highest BCUT2D eigenvalue weighted by Crippen LogP contribution is 2.38. The fraction of sp³-hybridized carbons (Fsp3) is 0.136. The Bertz CT molecular complexity index is 1130. The van der Waals surface area contributed by atoms with Crippen molar-refractivity contribution in [2.45, 2.75) is 6.61 Å². The number of terminal acetylenes is 1. The number of thioether (sulfide) groups is 1. The third-order valence-corrected chi connectivity index (χ3v) is 5.81. The molecule has 8 heteroatoms. The molecule has 150 valence electrons. The highest BCUT2D eigenvalue weighted by Gasteiger charge is 2.34. The van der Waals surface area contributed by atoms with Crippen molar-refractivity contribution in [3.63, 3.8) is 0 Å². The summed E-state index contributed by atoms with van der Waals surface area (Å²) in [7, 11) is 1.50. The van der Waals surface area contributed by atoms with Gasteiger partial charge in [0.15, 0.2) is 11.5 Å². The van der Waals surface area contributed by atoms with Crippen LogP contribution >= 0.6 is 27.7 Å². The molecule has 0 aliphatic carbocycles. The van der Waals surface area contributed by atoms with Gasteiger partial charge in [0.05, 0.1) is 30.2 Å². The summed E-state index contributed by atoms with van der Waals surface area (Å²) in [5.74, 6) is 2.79. The predicted octanol–water partition coefficient (Wildman–Crippen LogP) is 4.58. The van der Waals surface area contributed by atoms with Crippen LogP contribution < -0.4 is 9.47 Å². The van der Waals surface area contributed by atoms with Crippen LogP contribution in [0.15, 0.2) is 45.8 Å². The Morgan fingerprint density at radius 3 is 2.73 bits per heavy atom. The maximum Gasteiger partial charge on any atom is 0.294 e. The summed E-state index contributed by atoms with van der Waals surface area (Å²) in [4.78, 5) is 25.6. The highest BCUT2D eigenvalue weighted by molar-refractivity contribution is 9.10. The number of hydrogen-bond donors (Lipinski definition) is 0. The molecule has 0 spiro atoms. The van der Waals surface area contributed by atoms with Gasteiger partial charge in [-0.1, -0.05) is 40.0 Å². The van der Waals surface area contributed by atoms with Gasteiger partial charge in [0, 0.05) is 10.0 Å². The maximum atomic E-state index is 12.4. The molecule has 0 unspecified atom stereocenters. The molecule has 0 atom stereocenters. The number of rotatable bonds is 6. The lowest BCUT2D eigenvalue weighted by atomic mass is 10.1. The lowest BCUT2D eigenvalue weighted by molar-refractivity contribution is -0.122. The van der Waals surface area contributed by atoms with E-state index in [2.05, 4.69) is 27.9 Å². The Labute approximate surface area is 186 Å². The molecule has 0 bridgehead atoms. The van der Waals surface area contributed by atoms with Crippen LogP contribution in [0.2, 0.25) is 0 Å². The molecule has 1 heterocycles. The first kappa shape index (κ1) is 21.5. The van der Waals surface area contributed by atoms with E-state index in [1.165, 1.54) is 7.11 Å². The van der Waals surface area contributed by atoms with Crippen molar-refractivity contribution < 1.29 is 19.1 Å². The summed E-state index contributed by atoms with van der Waals surface area (Å²) in [5, 5.41) is 8.81. The van der Waals surface area contributed by atoms with Crippen molar-refractivity contribution in [1.29, 1.82) is 5.26 Å². The van der Waals surface area contributed by atoms with Gasteiger partial charge in [-0.3, -0.25) is 14.5 Å². The third kappa shape index (κ3) is 4.51. The molecule has 0 radical (unpaired) electrons. The SMILES string of the molecule is C#CCN1C(=O)S/C(=C/c2cc(OC)c(OCc3ccccc3C#N)cc2Br)C1=O. The topological polar surface area (TPSA) is 79.6 Å². The van der Waals surface area contributed by atoms with E-state index < -0.39 is 11.1 Å². The number of amides is 2. The standard InChI is InChI=1S/C22H15BrN2O4S/c1-3-8-25-21(26)20(30-22(25)27)10-16-9-18(28-2)19(11-17(16)23)29-13-15-7-5-4-6-14(15)12-24/h1,4-7,9-11H,8,13H2,2H3/b20-10+. The summed E-state index contributed by atoms with van der Waals surface area (Å²) < 4.78 is 11.9. The summed E-state index contributed by atoms with van der Waals surface area (Å²) in [6.45, 7) is 0.125. The van der Waals surface area contributed by atoms with Crippen LogP contribution in [0.4, 0.5) is 4.79 Å². The number of halogens is 1. The predicted molar refractivity (Wildman–Crippen MR) is 118 cm³/mol. The van der Waals surface area contributed by atoms with Gasteiger partial charge >= 0.3 is 0 Å². The maximum absolute atomic E-state index is 12.4. The van der Waals surface area contributed by atoms with Crippen molar-refractivity contribution in [3.8, 4) is 29.9 Å². The Kier molecular flexibility index (Phi) is 6.83. The molecular formula is C22H15BrN2O4S. The lowest BCUT2D eigenvalue weighted by Crippen LogP contribution is -2.28. The number of carbonyl (C=O) groups is 2. The van der Waals surface area contributed by atoms with Crippen molar-refractivity contribution in [2.75, 3.05) is 13.7 Å². The van der Waals surface area contributed by atoms with Crippen LogP contribution in [0.25, 0.3) is 6.08 Å². The average Bonchev–Trinajstić information content (AvgIpc) is 3.01. The number of carbonyl (C=O) groups excluding carboxylic acids is 2. The van der Waals surface area contributed by atoms with E-state index in [0.29, 0.717) is 27.1 Å². The fourth-order valence-electron chi connectivity index (χ4n) is 2.71. The molecule has 30 heavy (non-hydrogen) atoms. The molecule has 1 saturated heterocycles. The number of benzene rings is 2. The molecule has 2 aromatic carbocycles. The first-order valence-electron chi connectivity index (χ1n) is 8.65. The Hall–Kier alpha value is -3.20. The summed E-state index contributed by atoms with van der Waals surface area (Å²) >= 11 is 4.30. The molecular weight excluding hydrogens is 468 g/mol.